The number of ether oxygens (including phenoxy) is 1. The molecule has 0 aliphatic carbocycles. The third kappa shape index (κ3) is 4.09. The number of amides is 1. The molecule has 0 aliphatic heterocycles. The molecular formula is C17H16NO4-. The van der Waals surface area contributed by atoms with Crippen LogP contribution in [0.3, 0.4) is 0 Å². The van der Waals surface area contributed by atoms with Crippen LogP contribution < -0.4 is 15.2 Å². The lowest BCUT2D eigenvalue weighted by Gasteiger charge is -2.10. The van der Waals surface area contributed by atoms with Crippen molar-refractivity contribution in [2.75, 3.05) is 11.9 Å². The summed E-state index contributed by atoms with van der Waals surface area (Å²) >= 11 is 0. The smallest absolute Gasteiger partial charge is 0.255 e. The maximum absolute atomic E-state index is 12.2. The van der Waals surface area contributed by atoms with Gasteiger partial charge in [0.15, 0.2) is 0 Å². The number of hydrogen-bond donors (Lipinski definition) is 1. The largest absolute Gasteiger partial charge is 0.546 e. The van der Waals surface area contributed by atoms with Gasteiger partial charge >= 0.3 is 0 Å². The van der Waals surface area contributed by atoms with E-state index >= 15 is 0 Å². The molecule has 2 rings (SSSR count). The number of rotatable bonds is 5. The molecule has 0 radical (unpaired) electrons. The molecule has 2 aromatic rings. The predicted molar refractivity (Wildman–Crippen MR) is 80.8 cm³/mol. The molecule has 0 bridgehead atoms. The molecule has 0 fully saturated rings. The molecule has 5 heteroatoms. The number of carbonyl (C=O) groups is 2. The Balaban J connectivity index is 2.04. The Kier molecular flexibility index (Phi) is 4.78. The Morgan fingerprint density at radius 2 is 1.77 bits per heavy atom. The van der Waals surface area contributed by atoms with Crippen LogP contribution in [0.15, 0.2) is 42.5 Å². The van der Waals surface area contributed by atoms with Crippen LogP contribution in [0.25, 0.3) is 0 Å². The van der Waals surface area contributed by atoms with Crippen LogP contribution >= 0.6 is 0 Å². The molecule has 0 unspecified atom stereocenters. The number of carbonyl (C=O) groups excluding carboxylic acids is 2. The van der Waals surface area contributed by atoms with E-state index in [1.165, 1.54) is 0 Å². The van der Waals surface area contributed by atoms with Crippen LogP contribution in [0.4, 0.5) is 5.69 Å². The number of hydrogen-bond acceptors (Lipinski definition) is 4. The van der Waals surface area contributed by atoms with Crippen molar-refractivity contribution in [3.63, 3.8) is 0 Å². The van der Waals surface area contributed by atoms with Gasteiger partial charge in [-0.2, -0.15) is 0 Å². The van der Waals surface area contributed by atoms with E-state index in [1.54, 1.807) is 24.3 Å². The lowest BCUT2D eigenvalue weighted by atomic mass is 10.1. The number of carboxylic acids is 1. The number of anilines is 1. The Hall–Kier alpha value is -2.82. The van der Waals surface area contributed by atoms with E-state index in [4.69, 9.17) is 4.74 Å². The number of nitrogens with one attached hydrogen (secondary N) is 1. The maximum Gasteiger partial charge on any atom is 0.255 e. The van der Waals surface area contributed by atoms with Crippen molar-refractivity contribution >= 4 is 17.6 Å². The third-order valence-electron chi connectivity index (χ3n) is 3.10. The minimum Gasteiger partial charge on any atom is -0.546 e. The zero-order chi connectivity index (χ0) is 16.1. The standard InChI is InChI=1S/C17H17NO4/c1-11-3-8-15(12(2)9-11)18-17(21)13-4-6-14(7-5-13)22-10-16(19)20/h3-9H,10H2,1-2H3,(H,18,21)(H,19,20)/p-1. The van der Waals surface area contributed by atoms with Crippen LogP contribution in [-0.2, 0) is 4.79 Å². The van der Waals surface area contributed by atoms with E-state index in [-0.39, 0.29) is 5.91 Å². The van der Waals surface area contributed by atoms with Crippen LogP contribution in [0.1, 0.15) is 21.5 Å². The summed E-state index contributed by atoms with van der Waals surface area (Å²) in [7, 11) is 0. The molecule has 0 spiro atoms. The maximum atomic E-state index is 12.2. The molecule has 1 N–H and O–H groups in total. The average Bonchev–Trinajstić information content (AvgIpc) is 2.48. The number of carboxylic acid groups (broad SMARTS) is 1. The van der Waals surface area contributed by atoms with Gasteiger partial charge in [-0.1, -0.05) is 17.7 Å². The first kappa shape index (κ1) is 15.6. The van der Waals surface area contributed by atoms with Crippen molar-refractivity contribution in [1.29, 1.82) is 0 Å². The van der Waals surface area contributed by atoms with E-state index in [0.717, 1.165) is 16.8 Å². The van der Waals surface area contributed by atoms with Crippen molar-refractivity contribution in [3.8, 4) is 5.75 Å². The number of aryl methyl sites for hydroxylation is 2. The quantitative estimate of drug-likeness (QED) is 0.911. The van der Waals surface area contributed by atoms with E-state index in [9.17, 15) is 14.7 Å². The summed E-state index contributed by atoms with van der Waals surface area (Å²) < 4.78 is 4.96. The molecule has 0 saturated heterocycles. The van der Waals surface area contributed by atoms with Crippen LogP contribution in [0, 0.1) is 13.8 Å². The second-order valence-electron chi connectivity index (χ2n) is 4.96. The van der Waals surface area contributed by atoms with E-state index in [0.29, 0.717) is 11.3 Å². The van der Waals surface area contributed by atoms with Crippen LogP contribution in [0.5, 0.6) is 5.75 Å². The third-order valence-corrected chi connectivity index (χ3v) is 3.10. The van der Waals surface area contributed by atoms with Crippen LogP contribution in [0.2, 0.25) is 0 Å². The van der Waals surface area contributed by atoms with Gasteiger partial charge in [0.2, 0.25) is 0 Å². The summed E-state index contributed by atoms with van der Waals surface area (Å²) in [5.41, 5.74) is 3.33. The highest BCUT2D eigenvalue weighted by Gasteiger charge is 2.08. The highest BCUT2D eigenvalue weighted by molar-refractivity contribution is 6.04. The molecule has 0 heterocycles. The number of benzene rings is 2. The van der Waals surface area contributed by atoms with Gasteiger partial charge in [0.05, 0.1) is 5.97 Å². The van der Waals surface area contributed by atoms with E-state index < -0.39 is 12.6 Å². The summed E-state index contributed by atoms with van der Waals surface area (Å²) in [5, 5.41) is 13.1. The van der Waals surface area contributed by atoms with E-state index in [1.807, 2.05) is 32.0 Å². The van der Waals surface area contributed by atoms with Gasteiger partial charge in [0.25, 0.3) is 5.91 Å². The van der Waals surface area contributed by atoms with Crippen molar-refractivity contribution in [3.05, 3.63) is 59.2 Å². The minimum atomic E-state index is -1.29. The second kappa shape index (κ2) is 6.76. The summed E-state index contributed by atoms with van der Waals surface area (Å²) in [6, 6.07) is 12.0. The molecule has 0 aliphatic rings. The molecule has 2 aromatic carbocycles. The van der Waals surface area contributed by atoms with Gasteiger partial charge in [-0.25, -0.2) is 0 Å². The molecule has 0 aromatic heterocycles. The molecule has 0 saturated carbocycles. The monoisotopic (exact) mass is 298 g/mol. The van der Waals surface area contributed by atoms with Gasteiger partial charge in [-0.15, -0.1) is 0 Å². The highest BCUT2D eigenvalue weighted by atomic mass is 16.5. The topological polar surface area (TPSA) is 78.5 Å². The van der Waals surface area contributed by atoms with E-state index in [2.05, 4.69) is 5.32 Å². The highest BCUT2D eigenvalue weighted by Crippen LogP contribution is 2.18. The molecular weight excluding hydrogens is 282 g/mol. The summed E-state index contributed by atoms with van der Waals surface area (Å²) in [5.74, 6) is -1.16. The summed E-state index contributed by atoms with van der Waals surface area (Å²) in [4.78, 5) is 22.5. The lowest BCUT2D eigenvalue weighted by Crippen LogP contribution is -2.28. The molecule has 5 nitrogen and oxygen atoms in total. The summed E-state index contributed by atoms with van der Waals surface area (Å²) in [6.07, 6.45) is 0. The number of aliphatic carboxylic acids is 1. The fourth-order valence-electron chi connectivity index (χ4n) is 1.99. The summed E-state index contributed by atoms with van der Waals surface area (Å²) in [6.45, 7) is 3.40. The zero-order valence-electron chi connectivity index (χ0n) is 12.4. The first-order valence-electron chi connectivity index (χ1n) is 6.77. The van der Waals surface area contributed by atoms with Crippen molar-refractivity contribution in [2.24, 2.45) is 0 Å². The van der Waals surface area contributed by atoms with Gasteiger partial charge < -0.3 is 20.0 Å². The van der Waals surface area contributed by atoms with Gasteiger partial charge in [0.1, 0.15) is 12.4 Å². The Morgan fingerprint density at radius 3 is 2.36 bits per heavy atom. The predicted octanol–water partition coefficient (Wildman–Crippen LogP) is 1.68. The van der Waals surface area contributed by atoms with Crippen molar-refractivity contribution < 1.29 is 19.4 Å². The molecule has 1 amide bonds. The Bertz CT molecular complexity index is 692. The zero-order valence-corrected chi connectivity index (χ0v) is 12.4. The lowest BCUT2D eigenvalue weighted by molar-refractivity contribution is -0.307. The average molecular weight is 298 g/mol. The van der Waals surface area contributed by atoms with Gasteiger partial charge in [-0.3, -0.25) is 4.79 Å². The van der Waals surface area contributed by atoms with Gasteiger partial charge in [-0.05, 0) is 49.7 Å². The minimum absolute atomic E-state index is 0.238. The van der Waals surface area contributed by atoms with Gasteiger partial charge in [0, 0.05) is 11.3 Å². The fraction of sp³-hybridized carbons (Fsp3) is 0.176. The Morgan fingerprint density at radius 1 is 1.09 bits per heavy atom. The molecule has 114 valence electrons. The first-order valence-corrected chi connectivity index (χ1v) is 6.77. The van der Waals surface area contributed by atoms with Crippen LogP contribution in [-0.4, -0.2) is 18.5 Å². The SMILES string of the molecule is Cc1ccc(NC(=O)c2ccc(OCC(=O)[O-])cc2)c(C)c1. The fourth-order valence-corrected chi connectivity index (χ4v) is 1.99. The van der Waals surface area contributed by atoms with Crippen molar-refractivity contribution in [1.82, 2.24) is 0 Å². The molecule has 0 atom stereocenters. The van der Waals surface area contributed by atoms with Crippen molar-refractivity contribution in [2.45, 2.75) is 13.8 Å². The molecule has 22 heavy (non-hydrogen) atoms. The normalized spacial score (nSPS) is 10.1. The first-order chi connectivity index (χ1) is 10.5. The second-order valence-corrected chi connectivity index (χ2v) is 4.96. The Labute approximate surface area is 128 Å².